The summed E-state index contributed by atoms with van der Waals surface area (Å²) in [6.07, 6.45) is 2.46. The maximum atomic E-state index is 5.63. The number of likely N-dealkylation sites (N-methyl/N-ethyl adjacent to an activating group) is 1. The van der Waals surface area contributed by atoms with Crippen LogP contribution in [0.5, 0.6) is 0 Å². The number of benzene rings is 1. The lowest BCUT2D eigenvalue weighted by molar-refractivity contribution is 0.0441. The molecule has 0 spiro atoms. The molecule has 0 bridgehead atoms. The van der Waals surface area contributed by atoms with Crippen LogP contribution < -0.4 is 5.32 Å². The highest BCUT2D eigenvalue weighted by Crippen LogP contribution is 2.34. The predicted octanol–water partition coefficient (Wildman–Crippen LogP) is 3.18. The predicted molar refractivity (Wildman–Crippen MR) is 74.4 cm³/mol. The summed E-state index contributed by atoms with van der Waals surface area (Å²) >= 11 is 3.66. The maximum Gasteiger partial charge on any atom is 0.0500 e. The van der Waals surface area contributed by atoms with Gasteiger partial charge in [-0.2, -0.15) is 0 Å². The van der Waals surface area contributed by atoms with Crippen molar-refractivity contribution >= 4 is 15.9 Å². The summed E-state index contributed by atoms with van der Waals surface area (Å²) in [6, 6.07) is 8.54. The molecule has 0 amide bonds. The van der Waals surface area contributed by atoms with E-state index in [1.54, 1.807) is 0 Å². The van der Waals surface area contributed by atoms with Gasteiger partial charge in [0.1, 0.15) is 0 Å². The largest absolute Gasteiger partial charge is 0.381 e. The number of rotatable bonds is 4. The van der Waals surface area contributed by atoms with Crippen molar-refractivity contribution in [2.75, 3.05) is 26.8 Å². The quantitative estimate of drug-likeness (QED) is 0.922. The van der Waals surface area contributed by atoms with Gasteiger partial charge in [0.15, 0.2) is 0 Å². The van der Waals surface area contributed by atoms with Gasteiger partial charge in [-0.25, -0.2) is 0 Å². The third-order valence-electron chi connectivity index (χ3n) is 3.49. The van der Waals surface area contributed by atoms with Crippen LogP contribution in [0.2, 0.25) is 0 Å². The summed E-state index contributed by atoms with van der Waals surface area (Å²) in [6.45, 7) is 2.84. The van der Waals surface area contributed by atoms with E-state index in [4.69, 9.17) is 4.74 Å². The van der Waals surface area contributed by atoms with E-state index >= 15 is 0 Å². The first kappa shape index (κ1) is 13.1. The van der Waals surface area contributed by atoms with Crippen LogP contribution in [0.15, 0.2) is 28.7 Å². The van der Waals surface area contributed by atoms with Gasteiger partial charge in [-0.05, 0) is 37.4 Å². The van der Waals surface area contributed by atoms with Gasteiger partial charge < -0.3 is 10.1 Å². The average molecular weight is 298 g/mol. The molecule has 1 N–H and O–H groups in total. The average Bonchev–Trinajstić information content (AvgIpc) is 2.38. The summed E-state index contributed by atoms with van der Waals surface area (Å²) < 4.78 is 6.84. The molecule has 2 unspecified atom stereocenters. The Morgan fingerprint density at radius 2 is 2.29 bits per heavy atom. The first-order chi connectivity index (χ1) is 8.33. The fourth-order valence-electron chi connectivity index (χ4n) is 2.61. The van der Waals surface area contributed by atoms with E-state index in [0.717, 1.165) is 19.8 Å². The van der Waals surface area contributed by atoms with Gasteiger partial charge in [-0.15, -0.1) is 0 Å². The van der Waals surface area contributed by atoms with Crippen molar-refractivity contribution in [1.82, 2.24) is 5.32 Å². The van der Waals surface area contributed by atoms with E-state index in [1.807, 2.05) is 7.05 Å². The Morgan fingerprint density at radius 1 is 1.47 bits per heavy atom. The van der Waals surface area contributed by atoms with Crippen LogP contribution in [0.25, 0.3) is 0 Å². The van der Waals surface area contributed by atoms with E-state index in [-0.39, 0.29) is 0 Å². The molecule has 17 heavy (non-hydrogen) atoms. The molecule has 1 aromatic carbocycles. The van der Waals surface area contributed by atoms with Crippen molar-refractivity contribution in [2.45, 2.75) is 18.8 Å². The van der Waals surface area contributed by atoms with Crippen molar-refractivity contribution in [3.63, 3.8) is 0 Å². The molecule has 0 aromatic heterocycles. The molecule has 3 heteroatoms. The second-order valence-electron chi connectivity index (χ2n) is 4.66. The zero-order chi connectivity index (χ0) is 12.1. The fraction of sp³-hybridized carbons (Fsp3) is 0.571. The lowest BCUT2D eigenvalue weighted by atomic mass is 9.82. The normalized spacial score (nSPS) is 22.4. The molecule has 2 nitrogen and oxygen atoms in total. The van der Waals surface area contributed by atoms with Crippen molar-refractivity contribution in [3.05, 3.63) is 34.3 Å². The third-order valence-corrected chi connectivity index (χ3v) is 4.22. The van der Waals surface area contributed by atoms with Crippen molar-refractivity contribution in [2.24, 2.45) is 5.92 Å². The molecule has 0 radical (unpaired) electrons. The van der Waals surface area contributed by atoms with Crippen LogP contribution in [0.1, 0.15) is 24.3 Å². The molecule has 94 valence electrons. The van der Waals surface area contributed by atoms with Crippen molar-refractivity contribution < 1.29 is 4.74 Å². The number of ether oxygens (including phenoxy) is 1. The third kappa shape index (κ3) is 3.30. The van der Waals surface area contributed by atoms with Crippen LogP contribution in [0.4, 0.5) is 0 Å². The minimum atomic E-state index is 0.538. The number of halogens is 1. The first-order valence-electron chi connectivity index (χ1n) is 6.29. The van der Waals surface area contributed by atoms with Gasteiger partial charge in [0, 0.05) is 23.5 Å². The standard InChI is InChI=1S/C14H20BrNO/c1-16-9-13(11-5-4-8-17-10-11)12-6-2-3-7-14(12)15/h2-3,6-7,11,13,16H,4-5,8-10H2,1H3. The SMILES string of the molecule is CNCC(c1ccccc1Br)C1CCCOC1. The molecule has 1 aliphatic heterocycles. The molecule has 2 atom stereocenters. The summed E-state index contributed by atoms with van der Waals surface area (Å²) in [7, 11) is 2.02. The Balaban J connectivity index is 2.18. The monoisotopic (exact) mass is 297 g/mol. The molecule has 1 heterocycles. The first-order valence-corrected chi connectivity index (χ1v) is 7.09. The molecule has 1 aliphatic rings. The molecule has 2 rings (SSSR count). The van der Waals surface area contributed by atoms with Crippen LogP contribution >= 0.6 is 15.9 Å². The summed E-state index contributed by atoms with van der Waals surface area (Å²) in [5, 5.41) is 3.31. The number of hydrogen-bond donors (Lipinski definition) is 1. The fourth-order valence-corrected chi connectivity index (χ4v) is 3.19. The van der Waals surface area contributed by atoms with Crippen molar-refractivity contribution in [1.29, 1.82) is 0 Å². The van der Waals surface area contributed by atoms with E-state index in [1.165, 1.54) is 22.9 Å². The number of hydrogen-bond acceptors (Lipinski definition) is 2. The smallest absolute Gasteiger partial charge is 0.0500 e. The molecular weight excluding hydrogens is 278 g/mol. The Kier molecular flexibility index (Phi) is 5.01. The van der Waals surface area contributed by atoms with Crippen LogP contribution in [0.3, 0.4) is 0 Å². The maximum absolute atomic E-state index is 5.63. The Bertz CT molecular complexity index is 350. The minimum absolute atomic E-state index is 0.538. The lowest BCUT2D eigenvalue weighted by Gasteiger charge is -2.31. The molecule has 0 saturated carbocycles. The van der Waals surface area contributed by atoms with E-state index in [0.29, 0.717) is 11.8 Å². The summed E-state index contributed by atoms with van der Waals surface area (Å²) in [5.74, 6) is 1.17. The second-order valence-corrected chi connectivity index (χ2v) is 5.52. The van der Waals surface area contributed by atoms with E-state index in [2.05, 4.69) is 45.5 Å². The van der Waals surface area contributed by atoms with Crippen LogP contribution in [0, 0.1) is 5.92 Å². The highest BCUT2D eigenvalue weighted by Gasteiger charge is 2.26. The molecular formula is C14H20BrNO. The highest BCUT2D eigenvalue weighted by atomic mass is 79.9. The summed E-state index contributed by atoms with van der Waals surface area (Å²) in [4.78, 5) is 0. The Labute approximate surface area is 112 Å². The van der Waals surface area contributed by atoms with Crippen LogP contribution in [-0.2, 0) is 4.74 Å². The Morgan fingerprint density at radius 3 is 2.94 bits per heavy atom. The summed E-state index contributed by atoms with van der Waals surface area (Å²) in [5.41, 5.74) is 1.40. The van der Waals surface area contributed by atoms with Gasteiger partial charge >= 0.3 is 0 Å². The van der Waals surface area contributed by atoms with Gasteiger partial charge in [0.25, 0.3) is 0 Å². The van der Waals surface area contributed by atoms with Gasteiger partial charge in [0.2, 0.25) is 0 Å². The molecule has 0 aliphatic carbocycles. The zero-order valence-electron chi connectivity index (χ0n) is 10.3. The van der Waals surface area contributed by atoms with Gasteiger partial charge in [-0.3, -0.25) is 0 Å². The molecule has 1 aromatic rings. The lowest BCUT2D eigenvalue weighted by Crippen LogP contribution is -2.30. The zero-order valence-corrected chi connectivity index (χ0v) is 11.9. The number of nitrogens with one attached hydrogen (secondary N) is 1. The molecule has 1 saturated heterocycles. The highest BCUT2D eigenvalue weighted by molar-refractivity contribution is 9.10. The van der Waals surface area contributed by atoms with Crippen molar-refractivity contribution in [3.8, 4) is 0 Å². The Hall–Kier alpha value is -0.380. The minimum Gasteiger partial charge on any atom is -0.381 e. The van der Waals surface area contributed by atoms with E-state index in [9.17, 15) is 0 Å². The molecule has 1 fully saturated rings. The van der Waals surface area contributed by atoms with Crippen LogP contribution in [-0.4, -0.2) is 26.8 Å². The van der Waals surface area contributed by atoms with E-state index < -0.39 is 0 Å². The second kappa shape index (κ2) is 6.53. The van der Waals surface area contributed by atoms with Gasteiger partial charge in [0.05, 0.1) is 6.61 Å². The topological polar surface area (TPSA) is 21.3 Å². The van der Waals surface area contributed by atoms with Gasteiger partial charge in [-0.1, -0.05) is 34.1 Å².